The maximum Gasteiger partial charge on any atom is 0.286 e. The van der Waals surface area contributed by atoms with Gasteiger partial charge in [-0.25, -0.2) is 0 Å². The van der Waals surface area contributed by atoms with Crippen molar-refractivity contribution in [3.8, 4) is 11.5 Å². The van der Waals surface area contributed by atoms with Crippen molar-refractivity contribution < 1.29 is 19.2 Å². The van der Waals surface area contributed by atoms with Crippen molar-refractivity contribution in [2.45, 2.75) is 32.4 Å². The molecule has 2 aliphatic rings. The lowest BCUT2D eigenvalue weighted by Gasteiger charge is -2.21. The van der Waals surface area contributed by atoms with Crippen molar-refractivity contribution in [2.75, 3.05) is 26.3 Å². The van der Waals surface area contributed by atoms with E-state index in [-0.39, 0.29) is 17.3 Å². The predicted molar refractivity (Wildman–Crippen MR) is 86.7 cm³/mol. The highest BCUT2D eigenvalue weighted by atomic mass is 16.6. The maximum absolute atomic E-state index is 12.6. The van der Waals surface area contributed by atoms with E-state index >= 15 is 0 Å². The Kier molecular flexibility index (Phi) is 4.57. The minimum absolute atomic E-state index is 0.00671. The fourth-order valence-electron chi connectivity index (χ4n) is 3.05. The molecule has 1 saturated heterocycles. The summed E-state index contributed by atoms with van der Waals surface area (Å²) in [5, 5.41) is 14.2. The normalized spacial score (nSPS) is 20.2. The highest BCUT2D eigenvalue weighted by Gasteiger charge is 2.30. The van der Waals surface area contributed by atoms with Gasteiger partial charge in [-0.05, 0) is 20.3 Å². The largest absolute Gasteiger partial charge is 0.486 e. The lowest BCUT2D eigenvalue weighted by molar-refractivity contribution is -0.385. The van der Waals surface area contributed by atoms with Crippen LogP contribution in [0.5, 0.6) is 11.5 Å². The topological polar surface area (TPSA) is 93.9 Å². The molecule has 1 fully saturated rings. The number of ether oxygens (including phenoxy) is 2. The molecule has 2 aliphatic heterocycles. The fourth-order valence-corrected chi connectivity index (χ4v) is 3.05. The highest BCUT2D eigenvalue weighted by Crippen LogP contribution is 2.36. The van der Waals surface area contributed by atoms with E-state index in [2.05, 4.69) is 24.1 Å². The SMILES string of the molecule is CC(C)N1CCC(NC(=O)c2cc3c(cc2[N+](=O)[O-])OCCO3)C1. The summed E-state index contributed by atoms with van der Waals surface area (Å²) in [7, 11) is 0. The lowest BCUT2D eigenvalue weighted by Crippen LogP contribution is -2.38. The molecule has 0 aliphatic carbocycles. The number of fused-ring (bicyclic) bond motifs is 1. The van der Waals surface area contributed by atoms with E-state index in [9.17, 15) is 14.9 Å². The molecule has 8 nitrogen and oxygen atoms in total. The van der Waals surface area contributed by atoms with Gasteiger partial charge in [0.1, 0.15) is 18.8 Å². The molecule has 0 radical (unpaired) electrons. The van der Waals surface area contributed by atoms with Crippen LogP contribution in [0.1, 0.15) is 30.6 Å². The summed E-state index contributed by atoms with van der Waals surface area (Å²) in [6.45, 7) is 6.57. The number of likely N-dealkylation sites (tertiary alicyclic amines) is 1. The number of carbonyl (C=O) groups is 1. The summed E-state index contributed by atoms with van der Waals surface area (Å²) in [5.74, 6) is 0.220. The minimum atomic E-state index is -0.567. The van der Waals surface area contributed by atoms with E-state index in [4.69, 9.17) is 9.47 Å². The van der Waals surface area contributed by atoms with Gasteiger partial charge in [-0.3, -0.25) is 19.8 Å². The Hall–Kier alpha value is -2.35. The van der Waals surface area contributed by atoms with E-state index < -0.39 is 10.8 Å². The number of nitro groups is 1. The molecule has 1 aromatic rings. The molecule has 0 spiro atoms. The number of nitro benzene ring substituents is 1. The van der Waals surface area contributed by atoms with Gasteiger partial charge < -0.3 is 14.8 Å². The zero-order valence-corrected chi connectivity index (χ0v) is 13.8. The van der Waals surface area contributed by atoms with Gasteiger partial charge >= 0.3 is 0 Å². The third kappa shape index (κ3) is 3.28. The third-order valence-electron chi connectivity index (χ3n) is 4.39. The quantitative estimate of drug-likeness (QED) is 0.663. The molecular formula is C16H21N3O5. The van der Waals surface area contributed by atoms with Crippen molar-refractivity contribution in [2.24, 2.45) is 0 Å². The number of nitrogens with one attached hydrogen (secondary N) is 1. The fraction of sp³-hybridized carbons (Fsp3) is 0.562. The second kappa shape index (κ2) is 6.64. The number of nitrogens with zero attached hydrogens (tertiary/aromatic N) is 2. The monoisotopic (exact) mass is 335 g/mol. The van der Waals surface area contributed by atoms with Gasteiger partial charge in [0.15, 0.2) is 11.5 Å². The highest BCUT2D eigenvalue weighted by molar-refractivity contribution is 5.99. The van der Waals surface area contributed by atoms with Crippen molar-refractivity contribution in [1.82, 2.24) is 10.2 Å². The molecule has 1 unspecified atom stereocenters. The van der Waals surface area contributed by atoms with Crippen molar-refractivity contribution in [3.63, 3.8) is 0 Å². The molecule has 1 aromatic carbocycles. The molecule has 1 N–H and O–H groups in total. The summed E-state index contributed by atoms with van der Waals surface area (Å²) in [6.07, 6.45) is 0.836. The van der Waals surface area contributed by atoms with E-state index in [1.54, 1.807) is 0 Å². The standard InChI is InChI=1S/C16H21N3O5/c1-10(2)18-4-3-11(9-18)17-16(20)12-7-14-15(24-6-5-23-14)8-13(12)19(21)22/h7-8,10-11H,3-6,9H2,1-2H3,(H,17,20). The van der Waals surface area contributed by atoms with Crippen LogP contribution in [-0.4, -0.2) is 54.1 Å². The zero-order chi connectivity index (χ0) is 17.3. The predicted octanol–water partition coefficient (Wildman–Crippen LogP) is 1.58. The number of amides is 1. The van der Waals surface area contributed by atoms with Crippen LogP contribution in [0.15, 0.2) is 12.1 Å². The van der Waals surface area contributed by atoms with Crippen LogP contribution < -0.4 is 14.8 Å². The summed E-state index contributed by atoms with van der Waals surface area (Å²) in [6, 6.07) is 3.07. The van der Waals surface area contributed by atoms with Crippen molar-refractivity contribution in [1.29, 1.82) is 0 Å². The second-order valence-corrected chi connectivity index (χ2v) is 6.32. The molecule has 0 saturated carbocycles. The van der Waals surface area contributed by atoms with Gasteiger partial charge in [0, 0.05) is 31.2 Å². The Balaban J connectivity index is 1.80. The molecule has 130 valence electrons. The Morgan fingerprint density at radius 1 is 1.33 bits per heavy atom. The first-order valence-electron chi connectivity index (χ1n) is 8.08. The number of carbonyl (C=O) groups excluding carboxylic acids is 1. The third-order valence-corrected chi connectivity index (χ3v) is 4.39. The first kappa shape index (κ1) is 16.5. The van der Waals surface area contributed by atoms with E-state index in [1.807, 2.05) is 0 Å². The summed E-state index contributed by atoms with van der Waals surface area (Å²) in [4.78, 5) is 25.6. The number of rotatable bonds is 4. The Morgan fingerprint density at radius 2 is 2.00 bits per heavy atom. The Morgan fingerprint density at radius 3 is 2.58 bits per heavy atom. The average Bonchev–Trinajstić information content (AvgIpc) is 3.02. The van der Waals surface area contributed by atoms with E-state index in [1.165, 1.54) is 12.1 Å². The Labute approximate surface area is 139 Å². The summed E-state index contributed by atoms with van der Waals surface area (Å²) < 4.78 is 10.8. The van der Waals surface area contributed by atoms with Crippen LogP contribution in [-0.2, 0) is 0 Å². The second-order valence-electron chi connectivity index (χ2n) is 6.32. The molecule has 0 bridgehead atoms. The van der Waals surface area contributed by atoms with Crippen LogP contribution in [0.25, 0.3) is 0 Å². The van der Waals surface area contributed by atoms with Gasteiger partial charge in [-0.1, -0.05) is 0 Å². The number of hydrogen-bond acceptors (Lipinski definition) is 6. The van der Waals surface area contributed by atoms with Gasteiger partial charge in [0.25, 0.3) is 11.6 Å². The van der Waals surface area contributed by atoms with Crippen LogP contribution in [0, 0.1) is 10.1 Å². The van der Waals surface area contributed by atoms with Crippen molar-refractivity contribution >= 4 is 11.6 Å². The minimum Gasteiger partial charge on any atom is -0.486 e. The van der Waals surface area contributed by atoms with Crippen LogP contribution in [0.3, 0.4) is 0 Å². The summed E-state index contributed by atoms with van der Waals surface area (Å²) >= 11 is 0. The molecular weight excluding hydrogens is 314 g/mol. The summed E-state index contributed by atoms with van der Waals surface area (Å²) in [5.41, 5.74) is -0.261. The van der Waals surface area contributed by atoms with Crippen LogP contribution in [0.2, 0.25) is 0 Å². The first-order valence-corrected chi connectivity index (χ1v) is 8.08. The Bertz CT molecular complexity index is 661. The van der Waals surface area contributed by atoms with E-state index in [0.717, 1.165) is 19.5 Å². The zero-order valence-electron chi connectivity index (χ0n) is 13.8. The van der Waals surface area contributed by atoms with Crippen LogP contribution in [0.4, 0.5) is 5.69 Å². The van der Waals surface area contributed by atoms with Crippen molar-refractivity contribution in [3.05, 3.63) is 27.8 Å². The number of hydrogen-bond donors (Lipinski definition) is 1. The lowest BCUT2D eigenvalue weighted by atomic mass is 10.1. The smallest absolute Gasteiger partial charge is 0.286 e. The average molecular weight is 335 g/mol. The molecule has 0 aromatic heterocycles. The molecule has 8 heteroatoms. The number of benzene rings is 1. The van der Waals surface area contributed by atoms with Crippen LogP contribution >= 0.6 is 0 Å². The van der Waals surface area contributed by atoms with Gasteiger partial charge in [-0.2, -0.15) is 0 Å². The first-order chi connectivity index (χ1) is 11.5. The van der Waals surface area contributed by atoms with Gasteiger partial charge in [0.05, 0.1) is 11.0 Å². The van der Waals surface area contributed by atoms with Gasteiger partial charge in [-0.15, -0.1) is 0 Å². The molecule has 2 heterocycles. The van der Waals surface area contributed by atoms with Gasteiger partial charge in [0.2, 0.25) is 0 Å². The van der Waals surface area contributed by atoms with E-state index in [0.29, 0.717) is 30.8 Å². The maximum atomic E-state index is 12.6. The molecule has 1 amide bonds. The molecule has 1 atom stereocenters. The molecule has 3 rings (SSSR count). The molecule has 24 heavy (non-hydrogen) atoms.